The molecular weight excluding hydrogens is 170 g/mol. The monoisotopic (exact) mass is 185 g/mol. The molecule has 1 aliphatic rings. The number of aliphatic hydroxyl groups excluding tert-OH is 1. The van der Waals surface area contributed by atoms with Gasteiger partial charge >= 0.3 is 0 Å². The lowest BCUT2D eigenvalue weighted by molar-refractivity contribution is -0.134. The van der Waals surface area contributed by atoms with E-state index in [1.54, 1.807) is 0 Å². The van der Waals surface area contributed by atoms with Gasteiger partial charge in [-0.25, -0.2) is 0 Å². The van der Waals surface area contributed by atoms with E-state index in [1.165, 1.54) is 11.8 Å². The topological polar surface area (TPSA) is 57.6 Å². The van der Waals surface area contributed by atoms with Crippen LogP contribution in [0.5, 0.6) is 0 Å². The molecule has 0 aliphatic carbocycles. The first-order chi connectivity index (χ1) is 6.02. The second-order valence-electron chi connectivity index (χ2n) is 3.63. The third-order valence-electron chi connectivity index (χ3n) is 2.35. The molecule has 74 valence electrons. The highest BCUT2D eigenvalue weighted by molar-refractivity contribution is 5.80. The number of hydrogen-bond donors (Lipinski definition) is 1. The van der Waals surface area contributed by atoms with Crippen molar-refractivity contribution in [2.24, 2.45) is 5.92 Å². The molecule has 2 atom stereocenters. The number of hydrogen-bond acceptors (Lipinski definition) is 3. The van der Waals surface area contributed by atoms with Gasteiger partial charge in [-0.3, -0.25) is 9.59 Å². The Labute approximate surface area is 77.5 Å². The number of carbonyl (C=O) groups excluding carboxylic acids is 2. The van der Waals surface area contributed by atoms with Crippen molar-refractivity contribution < 1.29 is 14.7 Å². The molecule has 0 aromatic rings. The molecule has 2 unspecified atom stereocenters. The molecule has 0 aromatic heterocycles. The summed E-state index contributed by atoms with van der Waals surface area (Å²) in [5.41, 5.74) is 0. The van der Waals surface area contributed by atoms with Crippen molar-refractivity contribution in [3.05, 3.63) is 0 Å². The standard InChI is InChI=1S/C9H15NO3/c1-6-5-8(12)10(9(6)13)4-3-7(2)11/h6,9,13H,3-5H2,1-2H3. The van der Waals surface area contributed by atoms with Crippen LogP contribution in [0.2, 0.25) is 0 Å². The first-order valence-corrected chi connectivity index (χ1v) is 4.49. The van der Waals surface area contributed by atoms with Gasteiger partial charge in [-0.2, -0.15) is 0 Å². The molecule has 0 aromatic carbocycles. The Hall–Kier alpha value is -0.900. The minimum atomic E-state index is -0.702. The Kier molecular flexibility index (Phi) is 3.03. The number of amides is 1. The van der Waals surface area contributed by atoms with Gasteiger partial charge in [-0.05, 0) is 6.92 Å². The smallest absolute Gasteiger partial charge is 0.225 e. The predicted octanol–water partition coefficient (Wildman–Crippen LogP) is 0.152. The van der Waals surface area contributed by atoms with E-state index in [-0.39, 0.29) is 17.6 Å². The Balaban J connectivity index is 2.49. The van der Waals surface area contributed by atoms with Crippen molar-refractivity contribution in [2.75, 3.05) is 6.54 Å². The van der Waals surface area contributed by atoms with Crippen molar-refractivity contribution >= 4 is 11.7 Å². The third-order valence-corrected chi connectivity index (χ3v) is 2.35. The number of rotatable bonds is 3. The van der Waals surface area contributed by atoms with E-state index in [4.69, 9.17) is 0 Å². The van der Waals surface area contributed by atoms with Crippen LogP contribution >= 0.6 is 0 Å². The van der Waals surface area contributed by atoms with Crippen molar-refractivity contribution in [1.29, 1.82) is 0 Å². The maximum Gasteiger partial charge on any atom is 0.225 e. The van der Waals surface area contributed by atoms with E-state index in [1.807, 2.05) is 6.92 Å². The number of nitrogens with zero attached hydrogens (tertiary/aromatic N) is 1. The van der Waals surface area contributed by atoms with Crippen LogP contribution < -0.4 is 0 Å². The first kappa shape index (κ1) is 10.2. The molecule has 1 rings (SSSR count). The van der Waals surface area contributed by atoms with E-state index in [0.717, 1.165) is 0 Å². The van der Waals surface area contributed by atoms with Gasteiger partial charge in [-0.1, -0.05) is 6.92 Å². The molecule has 13 heavy (non-hydrogen) atoms. The fourth-order valence-electron chi connectivity index (χ4n) is 1.49. The summed E-state index contributed by atoms with van der Waals surface area (Å²) >= 11 is 0. The highest BCUT2D eigenvalue weighted by atomic mass is 16.3. The lowest BCUT2D eigenvalue weighted by Gasteiger charge is -2.21. The summed E-state index contributed by atoms with van der Waals surface area (Å²) in [6.45, 7) is 3.66. The average Bonchev–Trinajstić information content (AvgIpc) is 2.24. The number of likely N-dealkylation sites (tertiary alicyclic amines) is 1. The molecule has 0 radical (unpaired) electrons. The minimum Gasteiger partial charge on any atom is -0.373 e. The zero-order valence-electron chi connectivity index (χ0n) is 7.99. The average molecular weight is 185 g/mol. The van der Waals surface area contributed by atoms with Crippen LogP contribution in [0.15, 0.2) is 0 Å². The lowest BCUT2D eigenvalue weighted by Crippen LogP contribution is -2.36. The number of ketones is 1. The highest BCUT2D eigenvalue weighted by Gasteiger charge is 2.35. The van der Waals surface area contributed by atoms with Crippen molar-refractivity contribution in [3.63, 3.8) is 0 Å². The van der Waals surface area contributed by atoms with Gasteiger partial charge in [0.2, 0.25) is 5.91 Å². The number of carbonyl (C=O) groups is 2. The van der Waals surface area contributed by atoms with Crippen LogP contribution in [0.25, 0.3) is 0 Å². The van der Waals surface area contributed by atoms with E-state index < -0.39 is 6.23 Å². The van der Waals surface area contributed by atoms with Crippen molar-refractivity contribution in [2.45, 2.75) is 32.9 Å². The normalized spacial score (nSPS) is 28.2. The van der Waals surface area contributed by atoms with E-state index in [2.05, 4.69) is 0 Å². The van der Waals surface area contributed by atoms with Crippen LogP contribution in [0.4, 0.5) is 0 Å². The quantitative estimate of drug-likeness (QED) is 0.681. The molecule has 1 amide bonds. The van der Waals surface area contributed by atoms with E-state index >= 15 is 0 Å². The molecule has 4 heteroatoms. The van der Waals surface area contributed by atoms with Crippen LogP contribution in [0.1, 0.15) is 26.7 Å². The van der Waals surface area contributed by atoms with Crippen LogP contribution in [-0.4, -0.2) is 34.5 Å². The summed E-state index contributed by atoms with van der Waals surface area (Å²) in [4.78, 5) is 23.3. The maximum atomic E-state index is 11.3. The zero-order valence-corrected chi connectivity index (χ0v) is 7.99. The van der Waals surface area contributed by atoms with Gasteiger partial charge in [0.05, 0.1) is 0 Å². The van der Waals surface area contributed by atoms with Crippen LogP contribution in [0, 0.1) is 5.92 Å². The second kappa shape index (κ2) is 3.87. The molecule has 0 bridgehead atoms. The Bertz CT molecular complexity index is 227. The molecule has 0 spiro atoms. The minimum absolute atomic E-state index is 0.0144. The van der Waals surface area contributed by atoms with Gasteiger partial charge < -0.3 is 10.0 Å². The zero-order chi connectivity index (χ0) is 10.0. The van der Waals surface area contributed by atoms with Crippen LogP contribution in [0.3, 0.4) is 0 Å². The molecule has 4 nitrogen and oxygen atoms in total. The number of Topliss-reactive ketones (excluding diaryl/α,β-unsaturated/α-hetero) is 1. The van der Waals surface area contributed by atoms with Crippen LogP contribution in [-0.2, 0) is 9.59 Å². The molecule has 1 N–H and O–H groups in total. The summed E-state index contributed by atoms with van der Waals surface area (Å²) in [6.07, 6.45) is 0.0149. The summed E-state index contributed by atoms with van der Waals surface area (Å²) in [5.74, 6) is -0.0275. The van der Waals surface area contributed by atoms with Gasteiger partial charge in [0, 0.05) is 25.3 Å². The van der Waals surface area contributed by atoms with Gasteiger partial charge in [0.15, 0.2) is 0 Å². The summed E-state index contributed by atoms with van der Waals surface area (Å²) < 4.78 is 0. The Morgan fingerprint density at radius 2 is 2.31 bits per heavy atom. The molecular formula is C9H15NO3. The summed E-state index contributed by atoms with van der Waals surface area (Å²) in [5, 5.41) is 9.53. The third kappa shape index (κ3) is 2.28. The Morgan fingerprint density at radius 1 is 1.69 bits per heavy atom. The molecule has 1 aliphatic heterocycles. The maximum absolute atomic E-state index is 11.3. The lowest BCUT2D eigenvalue weighted by atomic mass is 10.1. The number of aliphatic hydroxyl groups is 1. The van der Waals surface area contributed by atoms with Gasteiger partial charge in [-0.15, -0.1) is 0 Å². The highest BCUT2D eigenvalue weighted by Crippen LogP contribution is 2.22. The molecule has 1 fully saturated rings. The molecule has 1 saturated heterocycles. The van der Waals surface area contributed by atoms with Crippen molar-refractivity contribution in [1.82, 2.24) is 4.90 Å². The summed E-state index contributed by atoms with van der Waals surface area (Å²) in [7, 11) is 0. The second-order valence-corrected chi connectivity index (χ2v) is 3.63. The van der Waals surface area contributed by atoms with E-state index in [0.29, 0.717) is 19.4 Å². The van der Waals surface area contributed by atoms with Crippen molar-refractivity contribution in [3.8, 4) is 0 Å². The molecule has 0 saturated carbocycles. The largest absolute Gasteiger partial charge is 0.373 e. The fourth-order valence-corrected chi connectivity index (χ4v) is 1.49. The Morgan fingerprint density at radius 3 is 2.69 bits per heavy atom. The fraction of sp³-hybridized carbons (Fsp3) is 0.778. The van der Waals surface area contributed by atoms with E-state index in [9.17, 15) is 14.7 Å². The first-order valence-electron chi connectivity index (χ1n) is 4.49. The van der Waals surface area contributed by atoms with Gasteiger partial charge in [0.25, 0.3) is 0 Å². The summed E-state index contributed by atoms with van der Waals surface area (Å²) in [6, 6.07) is 0. The SMILES string of the molecule is CC(=O)CCN1C(=O)CC(C)C1O. The molecule has 1 heterocycles. The van der Waals surface area contributed by atoms with Gasteiger partial charge in [0.1, 0.15) is 12.0 Å². The predicted molar refractivity (Wildman–Crippen MR) is 46.8 cm³/mol.